The van der Waals surface area contributed by atoms with E-state index >= 15 is 0 Å². The Morgan fingerprint density at radius 2 is 1.60 bits per heavy atom. The van der Waals surface area contributed by atoms with Gasteiger partial charge in [-0.25, -0.2) is 0 Å². The minimum absolute atomic E-state index is 0.0562. The van der Waals surface area contributed by atoms with Crippen molar-refractivity contribution in [3.05, 3.63) is 23.8 Å². The van der Waals surface area contributed by atoms with Crippen LogP contribution in [0, 0.1) is 0 Å². The number of hydrogen-bond acceptors (Lipinski definition) is 3. The second-order valence-electron chi connectivity index (χ2n) is 3.81. The first-order valence-corrected chi connectivity index (χ1v) is 5.43. The third kappa shape index (κ3) is 5.16. The minimum atomic E-state index is -5.04. The molecule has 1 aromatic rings. The van der Waals surface area contributed by atoms with Gasteiger partial charge in [0.15, 0.2) is 0 Å². The van der Waals surface area contributed by atoms with Crippen molar-refractivity contribution in [1.82, 2.24) is 0 Å². The molecule has 1 atom stereocenters. The minimum Gasteiger partial charge on any atom is -0.406 e. The van der Waals surface area contributed by atoms with Gasteiger partial charge in [-0.1, -0.05) is 13.0 Å². The Bertz CT molecular complexity index is 457. The fourth-order valence-electron chi connectivity index (χ4n) is 1.45. The Morgan fingerprint density at radius 3 is 2.05 bits per heavy atom. The standard InChI is InChI=1S/C11H11F6NO2/c1-2-8(18)7-4-3-6(19-10(12,13)14)5-9(7)20-11(15,16)17/h3-5,8H,2,18H2,1H3. The first-order valence-electron chi connectivity index (χ1n) is 5.43. The van der Waals surface area contributed by atoms with E-state index in [2.05, 4.69) is 9.47 Å². The van der Waals surface area contributed by atoms with E-state index in [1.807, 2.05) is 0 Å². The molecule has 20 heavy (non-hydrogen) atoms. The van der Waals surface area contributed by atoms with Crippen LogP contribution in [-0.2, 0) is 0 Å². The Hall–Kier alpha value is -1.64. The summed E-state index contributed by atoms with van der Waals surface area (Å²) in [7, 11) is 0. The topological polar surface area (TPSA) is 44.5 Å². The van der Waals surface area contributed by atoms with Gasteiger partial charge < -0.3 is 15.2 Å². The lowest BCUT2D eigenvalue weighted by molar-refractivity contribution is -0.276. The van der Waals surface area contributed by atoms with Gasteiger partial charge in [0, 0.05) is 17.7 Å². The van der Waals surface area contributed by atoms with Gasteiger partial charge in [0.05, 0.1) is 0 Å². The molecule has 0 radical (unpaired) electrons. The maximum atomic E-state index is 12.2. The number of ether oxygens (including phenoxy) is 2. The highest BCUT2D eigenvalue weighted by Gasteiger charge is 2.34. The molecule has 0 aliphatic heterocycles. The van der Waals surface area contributed by atoms with E-state index in [1.54, 1.807) is 6.92 Å². The third-order valence-electron chi connectivity index (χ3n) is 2.28. The maximum Gasteiger partial charge on any atom is 0.573 e. The fraction of sp³-hybridized carbons (Fsp3) is 0.455. The van der Waals surface area contributed by atoms with Gasteiger partial charge >= 0.3 is 12.7 Å². The van der Waals surface area contributed by atoms with Crippen LogP contribution in [0.1, 0.15) is 24.9 Å². The molecule has 0 saturated carbocycles. The van der Waals surface area contributed by atoms with E-state index in [0.29, 0.717) is 6.07 Å². The molecule has 1 aromatic carbocycles. The average molecular weight is 303 g/mol. The predicted octanol–water partition coefficient (Wildman–Crippen LogP) is 3.89. The lowest BCUT2D eigenvalue weighted by Crippen LogP contribution is -2.21. The number of hydrogen-bond donors (Lipinski definition) is 1. The van der Waals surface area contributed by atoms with Crippen LogP contribution in [0.2, 0.25) is 0 Å². The lowest BCUT2D eigenvalue weighted by atomic mass is 10.0. The van der Waals surface area contributed by atoms with Crippen LogP contribution < -0.4 is 15.2 Å². The zero-order valence-electron chi connectivity index (χ0n) is 10.2. The predicted molar refractivity (Wildman–Crippen MR) is 57.0 cm³/mol. The van der Waals surface area contributed by atoms with Gasteiger partial charge in [-0.2, -0.15) is 0 Å². The molecule has 114 valence electrons. The van der Waals surface area contributed by atoms with Crippen molar-refractivity contribution in [2.75, 3.05) is 0 Å². The Labute approximate surface area is 110 Å². The molecule has 1 rings (SSSR count). The van der Waals surface area contributed by atoms with Gasteiger partial charge in [0.25, 0.3) is 0 Å². The highest BCUT2D eigenvalue weighted by Crippen LogP contribution is 2.35. The van der Waals surface area contributed by atoms with Crippen molar-refractivity contribution in [3.63, 3.8) is 0 Å². The SMILES string of the molecule is CCC(N)c1ccc(OC(F)(F)F)cc1OC(F)(F)F. The van der Waals surface area contributed by atoms with Gasteiger partial charge in [-0.3, -0.25) is 0 Å². The molecule has 0 aromatic heterocycles. The summed E-state index contributed by atoms with van der Waals surface area (Å²) in [5.74, 6) is -1.63. The van der Waals surface area contributed by atoms with Crippen LogP contribution in [0.5, 0.6) is 11.5 Å². The van der Waals surface area contributed by atoms with Crippen LogP contribution in [0.3, 0.4) is 0 Å². The van der Waals surface area contributed by atoms with Crippen LogP contribution in [0.15, 0.2) is 18.2 Å². The summed E-state index contributed by atoms with van der Waals surface area (Å²) in [6.45, 7) is 1.61. The quantitative estimate of drug-likeness (QED) is 0.858. The normalized spacial score (nSPS) is 14.0. The van der Waals surface area contributed by atoms with Gasteiger partial charge in [0.1, 0.15) is 11.5 Å². The second-order valence-corrected chi connectivity index (χ2v) is 3.81. The monoisotopic (exact) mass is 303 g/mol. The van der Waals surface area contributed by atoms with Gasteiger partial charge in [-0.05, 0) is 12.5 Å². The second kappa shape index (κ2) is 5.78. The average Bonchev–Trinajstić information content (AvgIpc) is 2.24. The summed E-state index contributed by atoms with van der Waals surface area (Å²) in [5, 5.41) is 0. The van der Waals surface area contributed by atoms with Crippen molar-refractivity contribution in [2.24, 2.45) is 5.73 Å². The molecule has 0 heterocycles. The van der Waals surface area contributed by atoms with E-state index in [9.17, 15) is 26.3 Å². The Balaban J connectivity index is 3.14. The van der Waals surface area contributed by atoms with Crippen LogP contribution in [-0.4, -0.2) is 12.7 Å². The molecule has 0 aliphatic carbocycles. The molecular formula is C11H11F6NO2. The molecule has 0 aliphatic rings. The number of benzene rings is 1. The zero-order chi connectivity index (χ0) is 15.6. The summed E-state index contributed by atoms with van der Waals surface area (Å²) in [5.41, 5.74) is 5.52. The molecule has 0 spiro atoms. The highest BCUT2D eigenvalue weighted by molar-refractivity contribution is 5.42. The molecular weight excluding hydrogens is 292 g/mol. The van der Waals surface area contributed by atoms with E-state index in [4.69, 9.17) is 5.73 Å². The van der Waals surface area contributed by atoms with Crippen LogP contribution >= 0.6 is 0 Å². The number of nitrogens with two attached hydrogens (primary N) is 1. The number of rotatable bonds is 4. The summed E-state index contributed by atoms with van der Waals surface area (Å²) < 4.78 is 80.0. The lowest BCUT2D eigenvalue weighted by Gasteiger charge is -2.18. The molecule has 0 saturated heterocycles. The summed E-state index contributed by atoms with van der Waals surface area (Å²) in [6.07, 6.45) is -9.77. The van der Waals surface area contributed by atoms with Crippen molar-refractivity contribution in [3.8, 4) is 11.5 Å². The van der Waals surface area contributed by atoms with Crippen LogP contribution in [0.4, 0.5) is 26.3 Å². The Kier molecular flexibility index (Phi) is 4.74. The smallest absolute Gasteiger partial charge is 0.406 e. The van der Waals surface area contributed by atoms with Crippen molar-refractivity contribution >= 4 is 0 Å². The summed E-state index contributed by atoms with van der Waals surface area (Å²) in [4.78, 5) is 0. The highest BCUT2D eigenvalue weighted by atomic mass is 19.4. The van der Waals surface area contributed by atoms with E-state index < -0.39 is 30.3 Å². The number of halogens is 6. The fourth-order valence-corrected chi connectivity index (χ4v) is 1.45. The first kappa shape index (κ1) is 16.4. The molecule has 3 nitrogen and oxygen atoms in total. The van der Waals surface area contributed by atoms with Crippen LogP contribution in [0.25, 0.3) is 0 Å². The van der Waals surface area contributed by atoms with Crippen molar-refractivity contribution in [2.45, 2.75) is 32.1 Å². The molecule has 0 amide bonds. The largest absolute Gasteiger partial charge is 0.573 e. The third-order valence-corrected chi connectivity index (χ3v) is 2.28. The van der Waals surface area contributed by atoms with Crippen molar-refractivity contribution in [1.29, 1.82) is 0 Å². The van der Waals surface area contributed by atoms with Gasteiger partial charge in [0.2, 0.25) is 0 Å². The van der Waals surface area contributed by atoms with Crippen molar-refractivity contribution < 1.29 is 35.8 Å². The van der Waals surface area contributed by atoms with E-state index in [0.717, 1.165) is 12.1 Å². The summed E-state index contributed by atoms with van der Waals surface area (Å²) in [6, 6.07) is 1.59. The first-order chi connectivity index (χ1) is 9.02. The van der Waals surface area contributed by atoms with E-state index in [1.165, 1.54) is 0 Å². The van der Waals surface area contributed by atoms with Gasteiger partial charge in [-0.15, -0.1) is 26.3 Å². The molecule has 9 heteroatoms. The number of alkyl halides is 6. The molecule has 1 unspecified atom stereocenters. The summed E-state index contributed by atoms with van der Waals surface area (Å²) >= 11 is 0. The zero-order valence-corrected chi connectivity index (χ0v) is 10.2. The molecule has 2 N–H and O–H groups in total. The molecule has 0 fully saturated rings. The molecule has 0 bridgehead atoms. The Morgan fingerprint density at radius 1 is 1.05 bits per heavy atom. The maximum absolute atomic E-state index is 12.2. The van der Waals surface area contributed by atoms with E-state index in [-0.39, 0.29) is 12.0 Å².